The molecule has 3 rings (SSSR count). The number of nitrogens with zero attached hydrogens (tertiary/aromatic N) is 3. The maximum atomic E-state index is 5.87. The van der Waals surface area contributed by atoms with E-state index in [1.807, 2.05) is 0 Å². The fourth-order valence-corrected chi connectivity index (χ4v) is 2.57. The Bertz CT molecular complexity index is 382. The summed E-state index contributed by atoms with van der Waals surface area (Å²) in [6, 6.07) is 1.75. The van der Waals surface area contributed by atoms with Gasteiger partial charge in [0.2, 0.25) is 5.95 Å². The zero-order valence-corrected chi connectivity index (χ0v) is 9.52. The lowest BCUT2D eigenvalue weighted by Gasteiger charge is -2.32. The van der Waals surface area contributed by atoms with Crippen LogP contribution in [0.4, 0.5) is 11.8 Å². The molecule has 6 heteroatoms. The van der Waals surface area contributed by atoms with Crippen molar-refractivity contribution in [3.63, 3.8) is 0 Å². The van der Waals surface area contributed by atoms with Crippen molar-refractivity contribution in [2.45, 2.75) is 25.0 Å². The molecule has 1 aromatic rings. The molecule has 2 saturated heterocycles. The monoisotopic (exact) mass is 240 g/mol. The molecule has 2 fully saturated rings. The average Bonchev–Trinajstić information content (AvgIpc) is 2.56. The summed E-state index contributed by atoms with van der Waals surface area (Å²) in [5.41, 5.74) is 5.59. The molecule has 86 valence electrons. The fraction of sp³-hybridized carbons (Fsp3) is 0.600. The van der Waals surface area contributed by atoms with Gasteiger partial charge in [-0.15, -0.1) is 0 Å². The van der Waals surface area contributed by atoms with E-state index in [0.717, 1.165) is 31.7 Å². The second-order valence-electron chi connectivity index (χ2n) is 4.27. The fourth-order valence-electron chi connectivity index (χ4n) is 2.39. The first-order valence-corrected chi connectivity index (χ1v) is 5.79. The Labute approximate surface area is 98.6 Å². The number of morpholine rings is 1. The van der Waals surface area contributed by atoms with E-state index >= 15 is 0 Å². The molecule has 0 saturated carbocycles. The van der Waals surface area contributed by atoms with Crippen LogP contribution in [0.1, 0.15) is 12.8 Å². The van der Waals surface area contributed by atoms with Gasteiger partial charge in [-0.2, -0.15) is 4.98 Å². The number of rotatable bonds is 1. The van der Waals surface area contributed by atoms with Gasteiger partial charge >= 0.3 is 0 Å². The Morgan fingerprint density at radius 1 is 1.31 bits per heavy atom. The van der Waals surface area contributed by atoms with Crippen LogP contribution in [0, 0.1) is 0 Å². The molecule has 1 aromatic heterocycles. The van der Waals surface area contributed by atoms with Gasteiger partial charge in [-0.25, -0.2) is 4.98 Å². The van der Waals surface area contributed by atoms with Crippen LogP contribution in [0.2, 0.25) is 5.15 Å². The summed E-state index contributed by atoms with van der Waals surface area (Å²) in [6.07, 6.45) is 2.92. The molecule has 5 nitrogen and oxygen atoms in total. The van der Waals surface area contributed by atoms with E-state index < -0.39 is 0 Å². The smallest absolute Gasteiger partial charge is 0.223 e. The van der Waals surface area contributed by atoms with Crippen molar-refractivity contribution in [2.24, 2.45) is 0 Å². The van der Waals surface area contributed by atoms with Gasteiger partial charge in [-0.05, 0) is 12.8 Å². The summed E-state index contributed by atoms with van der Waals surface area (Å²) < 4.78 is 5.76. The van der Waals surface area contributed by atoms with Crippen molar-refractivity contribution in [2.75, 3.05) is 23.7 Å². The number of ether oxygens (including phenoxy) is 1. The summed E-state index contributed by atoms with van der Waals surface area (Å²) in [4.78, 5) is 10.2. The van der Waals surface area contributed by atoms with E-state index in [9.17, 15) is 0 Å². The van der Waals surface area contributed by atoms with Crippen LogP contribution in [-0.4, -0.2) is 35.3 Å². The van der Waals surface area contributed by atoms with Crippen molar-refractivity contribution >= 4 is 23.4 Å². The quantitative estimate of drug-likeness (QED) is 0.745. The zero-order chi connectivity index (χ0) is 11.1. The maximum absolute atomic E-state index is 5.87. The van der Waals surface area contributed by atoms with Crippen molar-refractivity contribution < 1.29 is 4.74 Å². The summed E-state index contributed by atoms with van der Waals surface area (Å²) in [5, 5.41) is 0.390. The molecule has 2 aliphatic rings. The highest BCUT2D eigenvalue weighted by Gasteiger charge is 2.34. The van der Waals surface area contributed by atoms with Crippen molar-refractivity contribution in [3.05, 3.63) is 11.2 Å². The number of nitrogen functional groups attached to an aromatic ring is 1. The molecule has 2 aliphatic heterocycles. The highest BCUT2D eigenvalue weighted by molar-refractivity contribution is 6.29. The summed E-state index contributed by atoms with van der Waals surface area (Å²) >= 11 is 5.87. The zero-order valence-electron chi connectivity index (χ0n) is 8.77. The van der Waals surface area contributed by atoms with Gasteiger partial charge in [-0.1, -0.05) is 11.6 Å². The standard InChI is InChI=1S/C10H13ClN4O/c11-8-3-9(14-10(12)13-8)15-4-6-1-2-7(5-15)16-6/h3,6-7H,1-2,4-5H2,(H2,12,13,14). The highest BCUT2D eigenvalue weighted by atomic mass is 35.5. The Hall–Kier alpha value is -1.07. The lowest BCUT2D eigenvalue weighted by atomic mass is 10.2. The van der Waals surface area contributed by atoms with Crippen LogP contribution in [0.5, 0.6) is 0 Å². The maximum Gasteiger partial charge on any atom is 0.223 e. The number of halogens is 1. The molecule has 0 radical (unpaired) electrons. The highest BCUT2D eigenvalue weighted by Crippen LogP contribution is 2.29. The first-order valence-electron chi connectivity index (χ1n) is 5.41. The number of anilines is 2. The van der Waals surface area contributed by atoms with Crippen molar-refractivity contribution in [1.29, 1.82) is 0 Å². The van der Waals surface area contributed by atoms with E-state index in [-0.39, 0.29) is 5.95 Å². The Kier molecular flexibility index (Phi) is 2.37. The van der Waals surface area contributed by atoms with Crippen LogP contribution < -0.4 is 10.6 Å². The van der Waals surface area contributed by atoms with Crippen LogP contribution in [0.15, 0.2) is 6.07 Å². The summed E-state index contributed by atoms with van der Waals surface area (Å²) in [6.45, 7) is 1.73. The van der Waals surface area contributed by atoms with Gasteiger partial charge in [0.05, 0.1) is 12.2 Å². The minimum absolute atomic E-state index is 0.223. The Morgan fingerprint density at radius 3 is 2.62 bits per heavy atom. The molecule has 16 heavy (non-hydrogen) atoms. The number of nitrogens with two attached hydrogens (primary N) is 1. The molecule has 2 N–H and O–H groups in total. The van der Waals surface area contributed by atoms with E-state index in [1.165, 1.54) is 0 Å². The molecule has 0 amide bonds. The minimum Gasteiger partial charge on any atom is -0.371 e. The second kappa shape index (κ2) is 3.75. The Morgan fingerprint density at radius 2 is 2.00 bits per heavy atom. The van der Waals surface area contributed by atoms with Crippen LogP contribution in [0.25, 0.3) is 0 Å². The Balaban J connectivity index is 1.86. The lowest BCUT2D eigenvalue weighted by molar-refractivity contribution is 0.0302. The molecular weight excluding hydrogens is 228 g/mol. The molecule has 0 aliphatic carbocycles. The van der Waals surface area contributed by atoms with Gasteiger partial charge in [0.15, 0.2) is 0 Å². The largest absolute Gasteiger partial charge is 0.371 e. The summed E-state index contributed by atoms with van der Waals surface area (Å²) in [7, 11) is 0. The molecule has 2 bridgehead atoms. The van der Waals surface area contributed by atoms with Crippen molar-refractivity contribution in [1.82, 2.24) is 9.97 Å². The van der Waals surface area contributed by atoms with Gasteiger partial charge in [0.25, 0.3) is 0 Å². The molecule has 2 atom stereocenters. The van der Waals surface area contributed by atoms with E-state index in [0.29, 0.717) is 17.4 Å². The van der Waals surface area contributed by atoms with Crippen LogP contribution >= 0.6 is 11.6 Å². The second-order valence-corrected chi connectivity index (χ2v) is 4.66. The van der Waals surface area contributed by atoms with E-state index in [4.69, 9.17) is 22.1 Å². The van der Waals surface area contributed by atoms with Crippen molar-refractivity contribution in [3.8, 4) is 0 Å². The number of hydrogen-bond acceptors (Lipinski definition) is 5. The molecule has 3 heterocycles. The van der Waals surface area contributed by atoms with E-state index in [1.54, 1.807) is 6.07 Å². The SMILES string of the molecule is Nc1nc(Cl)cc(N2CC3CCC(C2)O3)n1. The predicted octanol–water partition coefficient (Wildman–Crippen LogP) is 1.08. The van der Waals surface area contributed by atoms with Gasteiger partial charge in [-0.3, -0.25) is 0 Å². The first-order chi connectivity index (χ1) is 7.70. The predicted molar refractivity (Wildman–Crippen MR) is 61.6 cm³/mol. The van der Waals surface area contributed by atoms with Gasteiger partial charge < -0.3 is 15.4 Å². The molecule has 0 spiro atoms. The summed E-state index contributed by atoms with van der Waals surface area (Å²) in [5.74, 6) is 1.03. The van der Waals surface area contributed by atoms with E-state index in [2.05, 4.69) is 14.9 Å². The number of fused-ring (bicyclic) bond motifs is 2. The molecule has 2 unspecified atom stereocenters. The molecular formula is C10H13ClN4O. The number of aromatic nitrogens is 2. The topological polar surface area (TPSA) is 64.3 Å². The van der Waals surface area contributed by atoms with Gasteiger partial charge in [0.1, 0.15) is 11.0 Å². The lowest BCUT2D eigenvalue weighted by Crippen LogP contribution is -2.43. The third kappa shape index (κ3) is 1.81. The third-order valence-electron chi connectivity index (χ3n) is 3.07. The van der Waals surface area contributed by atoms with Crippen LogP contribution in [-0.2, 0) is 4.74 Å². The van der Waals surface area contributed by atoms with Crippen LogP contribution in [0.3, 0.4) is 0 Å². The molecule has 0 aromatic carbocycles. The average molecular weight is 241 g/mol. The van der Waals surface area contributed by atoms with Gasteiger partial charge in [0, 0.05) is 19.2 Å². The number of hydrogen-bond donors (Lipinski definition) is 1. The third-order valence-corrected chi connectivity index (χ3v) is 3.26. The first kappa shape index (κ1) is 10.1. The minimum atomic E-state index is 0.223. The normalized spacial score (nSPS) is 28.4.